The number of ether oxygens (including phenoxy) is 1. The van der Waals surface area contributed by atoms with Crippen molar-refractivity contribution in [2.24, 2.45) is 5.73 Å². The molecule has 0 radical (unpaired) electrons. The first-order valence-electron chi connectivity index (χ1n) is 6.53. The van der Waals surface area contributed by atoms with Gasteiger partial charge in [0.2, 0.25) is 11.8 Å². The van der Waals surface area contributed by atoms with Crippen molar-refractivity contribution in [3.63, 3.8) is 0 Å². The molecule has 0 fully saturated rings. The number of nitro benzene ring substituents is 1. The maximum Gasteiger partial charge on any atom is 0.270 e. The van der Waals surface area contributed by atoms with Gasteiger partial charge < -0.3 is 15.6 Å². The molecule has 1 atom stereocenters. The zero-order valence-corrected chi connectivity index (χ0v) is 11.9. The predicted octanol–water partition coefficient (Wildman–Crippen LogP) is 1.55. The first-order valence-corrected chi connectivity index (χ1v) is 6.53. The number of benzene rings is 1. The number of nitriles is 1. The molecule has 9 nitrogen and oxygen atoms in total. The van der Waals surface area contributed by atoms with E-state index in [1.54, 1.807) is 6.92 Å². The number of rotatable bonds is 2. The normalized spacial score (nSPS) is 16.4. The van der Waals surface area contributed by atoms with Crippen LogP contribution in [0.15, 0.2) is 29.7 Å². The van der Waals surface area contributed by atoms with Gasteiger partial charge in [0.1, 0.15) is 17.4 Å². The highest BCUT2D eigenvalue weighted by atomic mass is 16.6. The summed E-state index contributed by atoms with van der Waals surface area (Å²) in [5.41, 5.74) is 6.90. The standard InChI is InChI=1S/C14H11N5O4/c1-6-11-12(8-4-7(19(21)22)2-3-10(8)20)9(5-15)13(16)23-14(11)18-17-6/h2-4,12,20H,16H2,1H3,(H,17,18)/t12-/m1/s1. The van der Waals surface area contributed by atoms with E-state index in [1.807, 2.05) is 6.07 Å². The number of nitrogens with zero attached hydrogens (tertiary/aromatic N) is 3. The van der Waals surface area contributed by atoms with E-state index in [-0.39, 0.29) is 34.3 Å². The number of hydrogen-bond acceptors (Lipinski definition) is 7. The first-order chi connectivity index (χ1) is 10.9. The number of hydrogen-bond donors (Lipinski definition) is 3. The van der Waals surface area contributed by atoms with E-state index in [1.165, 1.54) is 18.2 Å². The summed E-state index contributed by atoms with van der Waals surface area (Å²) in [6.07, 6.45) is 0. The molecule has 23 heavy (non-hydrogen) atoms. The van der Waals surface area contributed by atoms with Crippen molar-refractivity contribution in [3.05, 3.63) is 56.6 Å². The van der Waals surface area contributed by atoms with E-state index in [4.69, 9.17) is 10.5 Å². The zero-order valence-electron chi connectivity index (χ0n) is 11.9. The first kappa shape index (κ1) is 14.4. The predicted molar refractivity (Wildman–Crippen MR) is 77.4 cm³/mol. The third-order valence-corrected chi connectivity index (χ3v) is 3.66. The van der Waals surface area contributed by atoms with Gasteiger partial charge in [0.15, 0.2) is 0 Å². The lowest BCUT2D eigenvalue weighted by molar-refractivity contribution is -0.384. The van der Waals surface area contributed by atoms with Gasteiger partial charge in [-0.3, -0.25) is 15.2 Å². The van der Waals surface area contributed by atoms with Crippen molar-refractivity contribution >= 4 is 5.69 Å². The Hall–Kier alpha value is -3.54. The average molecular weight is 313 g/mol. The van der Waals surface area contributed by atoms with Crippen LogP contribution in [0, 0.1) is 28.4 Å². The Morgan fingerprint density at radius 3 is 2.96 bits per heavy atom. The smallest absolute Gasteiger partial charge is 0.270 e. The molecule has 2 aromatic rings. The van der Waals surface area contributed by atoms with Gasteiger partial charge in [-0.15, -0.1) is 5.10 Å². The molecule has 1 aliphatic heterocycles. The summed E-state index contributed by atoms with van der Waals surface area (Å²) >= 11 is 0. The fourth-order valence-electron chi connectivity index (χ4n) is 2.60. The van der Waals surface area contributed by atoms with Gasteiger partial charge in [0.05, 0.1) is 10.8 Å². The summed E-state index contributed by atoms with van der Waals surface area (Å²) in [6.45, 7) is 1.72. The molecule has 9 heteroatoms. The van der Waals surface area contributed by atoms with E-state index < -0.39 is 10.8 Å². The number of phenols is 1. The second-order valence-electron chi connectivity index (χ2n) is 4.99. The number of aromatic amines is 1. The summed E-state index contributed by atoms with van der Waals surface area (Å²) < 4.78 is 5.30. The minimum Gasteiger partial charge on any atom is -0.508 e. The molecule has 2 heterocycles. The zero-order chi connectivity index (χ0) is 16.7. The molecule has 3 rings (SSSR count). The van der Waals surface area contributed by atoms with Crippen molar-refractivity contribution in [3.8, 4) is 17.7 Å². The number of nitrogens with two attached hydrogens (primary N) is 1. The molecule has 4 N–H and O–H groups in total. The number of aromatic hydroxyl groups is 1. The number of aryl methyl sites for hydroxylation is 1. The minimum atomic E-state index is -0.803. The van der Waals surface area contributed by atoms with E-state index in [0.717, 1.165) is 0 Å². The number of H-pyrrole nitrogens is 1. The van der Waals surface area contributed by atoms with E-state index in [2.05, 4.69) is 10.2 Å². The summed E-state index contributed by atoms with van der Waals surface area (Å²) in [7, 11) is 0. The number of aromatic nitrogens is 2. The highest BCUT2D eigenvalue weighted by Gasteiger charge is 2.36. The molecular formula is C14H11N5O4. The molecule has 0 saturated carbocycles. The van der Waals surface area contributed by atoms with Gasteiger partial charge in [-0.25, -0.2) is 0 Å². The van der Waals surface area contributed by atoms with Crippen LogP contribution in [0.1, 0.15) is 22.7 Å². The molecule has 0 bridgehead atoms. The lowest BCUT2D eigenvalue weighted by atomic mass is 9.83. The van der Waals surface area contributed by atoms with Gasteiger partial charge in [0, 0.05) is 29.0 Å². The van der Waals surface area contributed by atoms with Crippen LogP contribution in [-0.4, -0.2) is 20.2 Å². The number of non-ortho nitro benzene ring substituents is 1. The van der Waals surface area contributed by atoms with E-state index >= 15 is 0 Å². The van der Waals surface area contributed by atoms with Crippen molar-refractivity contribution < 1.29 is 14.8 Å². The molecule has 1 aromatic carbocycles. The summed E-state index contributed by atoms with van der Waals surface area (Å²) in [5.74, 6) is -0.964. The number of phenolic OH excluding ortho intramolecular Hbond substituents is 1. The molecule has 1 aromatic heterocycles. The highest BCUT2D eigenvalue weighted by Crippen LogP contribution is 2.45. The second kappa shape index (κ2) is 5.03. The van der Waals surface area contributed by atoms with Gasteiger partial charge in [-0.2, -0.15) is 5.26 Å². The van der Waals surface area contributed by atoms with Crippen LogP contribution in [0.3, 0.4) is 0 Å². The van der Waals surface area contributed by atoms with Crippen LogP contribution < -0.4 is 10.5 Å². The molecule has 0 amide bonds. The maximum atomic E-state index is 11.0. The Labute approximate surface area is 129 Å². The van der Waals surface area contributed by atoms with Gasteiger partial charge in [-0.1, -0.05) is 0 Å². The van der Waals surface area contributed by atoms with Crippen molar-refractivity contribution in [1.29, 1.82) is 5.26 Å². The van der Waals surface area contributed by atoms with Crippen molar-refractivity contribution in [1.82, 2.24) is 10.2 Å². The Bertz CT molecular complexity index is 893. The van der Waals surface area contributed by atoms with E-state index in [9.17, 15) is 20.5 Å². The topological polar surface area (TPSA) is 151 Å². The molecule has 0 aliphatic carbocycles. The summed E-state index contributed by atoms with van der Waals surface area (Å²) in [6, 6.07) is 5.55. The van der Waals surface area contributed by atoms with Crippen LogP contribution in [0.5, 0.6) is 11.6 Å². The molecule has 1 aliphatic rings. The average Bonchev–Trinajstić information content (AvgIpc) is 2.87. The Morgan fingerprint density at radius 1 is 1.57 bits per heavy atom. The fourth-order valence-corrected chi connectivity index (χ4v) is 2.60. The number of allylic oxidation sites excluding steroid dienone is 1. The molecule has 0 saturated heterocycles. The van der Waals surface area contributed by atoms with Crippen LogP contribution in [0.4, 0.5) is 5.69 Å². The summed E-state index contributed by atoms with van der Waals surface area (Å²) in [4.78, 5) is 10.4. The largest absolute Gasteiger partial charge is 0.508 e. The fraction of sp³-hybridized carbons (Fsp3) is 0.143. The molecular weight excluding hydrogens is 302 g/mol. The maximum absolute atomic E-state index is 11.0. The van der Waals surface area contributed by atoms with Crippen molar-refractivity contribution in [2.75, 3.05) is 0 Å². The molecule has 116 valence electrons. The van der Waals surface area contributed by atoms with Gasteiger partial charge in [0.25, 0.3) is 5.69 Å². The van der Waals surface area contributed by atoms with Crippen molar-refractivity contribution in [2.45, 2.75) is 12.8 Å². The van der Waals surface area contributed by atoms with Crippen LogP contribution in [-0.2, 0) is 0 Å². The van der Waals surface area contributed by atoms with Crippen LogP contribution in [0.25, 0.3) is 0 Å². The second-order valence-corrected chi connectivity index (χ2v) is 4.99. The summed E-state index contributed by atoms with van der Waals surface area (Å²) in [5, 5.41) is 37.2. The SMILES string of the molecule is Cc1[nH]nc2c1[C@H](c1cc([N+](=O)[O-])ccc1O)C(C#N)=C(N)O2. The molecule has 0 spiro atoms. The number of nitro groups is 1. The Morgan fingerprint density at radius 2 is 2.30 bits per heavy atom. The van der Waals surface area contributed by atoms with Crippen LogP contribution in [0.2, 0.25) is 0 Å². The number of fused-ring (bicyclic) bond motifs is 1. The monoisotopic (exact) mass is 313 g/mol. The quantitative estimate of drug-likeness (QED) is 0.561. The number of nitrogens with one attached hydrogen (secondary N) is 1. The minimum absolute atomic E-state index is 0.0535. The highest BCUT2D eigenvalue weighted by molar-refractivity contribution is 5.59. The lowest BCUT2D eigenvalue weighted by Gasteiger charge is -2.24. The van der Waals surface area contributed by atoms with Crippen LogP contribution >= 0.6 is 0 Å². The lowest BCUT2D eigenvalue weighted by Crippen LogP contribution is -2.21. The Kier molecular flexibility index (Phi) is 3.15. The van der Waals surface area contributed by atoms with Gasteiger partial charge >= 0.3 is 0 Å². The third-order valence-electron chi connectivity index (χ3n) is 3.66. The Balaban J connectivity index is 2.29. The molecule has 0 unspecified atom stereocenters. The third kappa shape index (κ3) is 2.13. The van der Waals surface area contributed by atoms with E-state index in [0.29, 0.717) is 11.3 Å². The van der Waals surface area contributed by atoms with Gasteiger partial charge in [-0.05, 0) is 13.0 Å².